The summed E-state index contributed by atoms with van der Waals surface area (Å²) in [5, 5.41) is 19.8. The van der Waals surface area contributed by atoms with Gasteiger partial charge in [-0.2, -0.15) is 0 Å². The van der Waals surface area contributed by atoms with Crippen LogP contribution >= 0.6 is 0 Å². The maximum absolute atomic E-state index is 10.9. The highest BCUT2D eigenvalue weighted by Gasteiger charge is 2.34. The van der Waals surface area contributed by atoms with Crippen molar-refractivity contribution in [1.29, 1.82) is 0 Å². The Morgan fingerprint density at radius 2 is 2.14 bits per heavy atom. The van der Waals surface area contributed by atoms with Gasteiger partial charge in [-0.3, -0.25) is 0 Å². The fraction of sp³-hybridized carbons (Fsp3) is 0.714. The molecule has 0 aliphatic rings. The Morgan fingerprint density at radius 1 is 1.57 bits per heavy atom. The lowest BCUT2D eigenvalue weighted by atomic mass is 10.1. The number of carbonyl (C=O) groups is 1. The third-order valence-electron chi connectivity index (χ3n) is 2.26. The van der Waals surface area contributed by atoms with Crippen LogP contribution in [0.15, 0.2) is 0 Å². The molecule has 0 unspecified atom stereocenters. The smallest absolute Gasteiger partial charge is 0.329 e. The molecule has 1 rings (SSSR count). The van der Waals surface area contributed by atoms with E-state index in [-0.39, 0.29) is 0 Å². The summed E-state index contributed by atoms with van der Waals surface area (Å²) in [6.07, 6.45) is 0. The first-order valence-electron chi connectivity index (χ1n) is 4.07. The van der Waals surface area contributed by atoms with Crippen LogP contribution < -0.4 is 4.90 Å². The van der Waals surface area contributed by atoms with Crippen molar-refractivity contribution in [3.63, 3.8) is 0 Å². The monoisotopic (exact) mass is 199 g/mol. The summed E-state index contributed by atoms with van der Waals surface area (Å²) < 4.78 is 1.42. The van der Waals surface area contributed by atoms with Gasteiger partial charge >= 0.3 is 5.97 Å². The van der Waals surface area contributed by atoms with Crippen LogP contribution in [-0.4, -0.2) is 43.9 Å². The molecule has 7 heteroatoms. The predicted octanol–water partition coefficient (Wildman–Crippen LogP) is -0.491. The lowest BCUT2D eigenvalue weighted by Gasteiger charge is -2.31. The fourth-order valence-electron chi connectivity index (χ4n) is 0.902. The standard InChI is InChI=1S/C7H13N5O2/c1-7(2,5(13)14)11(3)6-8-9-10-12(6)4/h1-4H3,(H,13,14). The van der Waals surface area contributed by atoms with Crippen LogP contribution in [0.5, 0.6) is 0 Å². The van der Waals surface area contributed by atoms with E-state index in [4.69, 9.17) is 5.11 Å². The molecule has 1 heterocycles. The molecule has 0 aromatic carbocycles. The zero-order chi connectivity index (χ0) is 10.9. The van der Waals surface area contributed by atoms with Crippen molar-refractivity contribution in [2.24, 2.45) is 7.05 Å². The van der Waals surface area contributed by atoms with E-state index in [9.17, 15) is 4.79 Å². The number of anilines is 1. The number of hydrogen-bond acceptors (Lipinski definition) is 5. The highest BCUT2D eigenvalue weighted by Crippen LogP contribution is 2.18. The van der Waals surface area contributed by atoms with Crippen molar-refractivity contribution in [2.45, 2.75) is 19.4 Å². The molecule has 0 spiro atoms. The van der Waals surface area contributed by atoms with Gasteiger partial charge < -0.3 is 10.0 Å². The minimum Gasteiger partial charge on any atom is -0.480 e. The van der Waals surface area contributed by atoms with Gasteiger partial charge in [-0.25, -0.2) is 9.48 Å². The molecule has 0 bridgehead atoms. The van der Waals surface area contributed by atoms with Crippen molar-refractivity contribution in [2.75, 3.05) is 11.9 Å². The lowest BCUT2D eigenvalue weighted by molar-refractivity contribution is -0.142. The van der Waals surface area contributed by atoms with E-state index in [1.54, 1.807) is 27.9 Å². The summed E-state index contributed by atoms with van der Waals surface area (Å²) in [7, 11) is 3.30. The van der Waals surface area contributed by atoms with E-state index in [2.05, 4.69) is 15.5 Å². The molecule has 1 aromatic heterocycles. The highest BCUT2D eigenvalue weighted by molar-refractivity contribution is 5.81. The summed E-state index contributed by atoms with van der Waals surface area (Å²) in [4.78, 5) is 12.5. The van der Waals surface area contributed by atoms with Crippen molar-refractivity contribution in [3.05, 3.63) is 0 Å². The molecule has 0 aliphatic carbocycles. The largest absolute Gasteiger partial charge is 0.480 e. The third-order valence-corrected chi connectivity index (χ3v) is 2.26. The number of hydrogen-bond donors (Lipinski definition) is 1. The van der Waals surface area contributed by atoms with Gasteiger partial charge in [-0.05, 0) is 24.3 Å². The number of carboxylic acids is 1. The molecule has 1 N–H and O–H groups in total. The molecule has 0 atom stereocenters. The van der Waals surface area contributed by atoms with Crippen LogP contribution in [0.25, 0.3) is 0 Å². The molecule has 1 aromatic rings. The molecule has 0 amide bonds. The molecular weight excluding hydrogens is 186 g/mol. The van der Waals surface area contributed by atoms with Gasteiger partial charge in [0.2, 0.25) is 5.95 Å². The zero-order valence-electron chi connectivity index (χ0n) is 8.59. The minimum atomic E-state index is -1.04. The van der Waals surface area contributed by atoms with E-state index in [1.807, 2.05) is 0 Å². The van der Waals surface area contributed by atoms with Gasteiger partial charge in [0.1, 0.15) is 5.54 Å². The maximum atomic E-state index is 10.9. The number of nitrogens with zero attached hydrogens (tertiary/aromatic N) is 5. The molecule has 7 nitrogen and oxygen atoms in total. The summed E-state index contributed by atoms with van der Waals surface area (Å²) in [6.45, 7) is 3.17. The van der Waals surface area contributed by atoms with E-state index in [1.165, 1.54) is 9.58 Å². The number of aryl methyl sites for hydroxylation is 1. The van der Waals surface area contributed by atoms with Gasteiger partial charge in [0.15, 0.2) is 0 Å². The number of likely N-dealkylation sites (N-methyl/N-ethyl adjacent to an activating group) is 1. The third kappa shape index (κ3) is 1.52. The second-order valence-electron chi connectivity index (χ2n) is 3.53. The predicted molar refractivity (Wildman–Crippen MR) is 48.9 cm³/mol. The van der Waals surface area contributed by atoms with Crippen molar-refractivity contribution in [1.82, 2.24) is 20.2 Å². The average molecular weight is 199 g/mol. The molecule has 14 heavy (non-hydrogen) atoms. The molecule has 0 saturated heterocycles. The molecule has 0 aliphatic heterocycles. The molecule has 0 saturated carbocycles. The van der Waals surface area contributed by atoms with Crippen LogP contribution in [0.2, 0.25) is 0 Å². The zero-order valence-corrected chi connectivity index (χ0v) is 8.59. The number of tetrazole rings is 1. The van der Waals surface area contributed by atoms with Crippen LogP contribution in [0.3, 0.4) is 0 Å². The normalized spacial score (nSPS) is 11.4. The van der Waals surface area contributed by atoms with Gasteiger partial charge in [0, 0.05) is 14.1 Å². The maximum Gasteiger partial charge on any atom is 0.329 e. The second kappa shape index (κ2) is 3.24. The SMILES string of the molecule is CN(c1nnnn1C)C(C)(C)C(=O)O. The Morgan fingerprint density at radius 3 is 2.50 bits per heavy atom. The highest BCUT2D eigenvalue weighted by atomic mass is 16.4. The summed E-state index contributed by atoms with van der Waals surface area (Å²) in [5.74, 6) is -0.514. The van der Waals surface area contributed by atoms with Crippen LogP contribution in [-0.2, 0) is 11.8 Å². The van der Waals surface area contributed by atoms with E-state index in [0.29, 0.717) is 5.95 Å². The number of aliphatic carboxylic acids is 1. The van der Waals surface area contributed by atoms with Gasteiger partial charge in [0.05, 0.1) is 0 Å². The van der Waals surface area contributed by atoms with Gasteiger partial charge in [-0.1, -0.05) is 5.10 Å². The Labute approximate surface area is 81.3 Å². The molecular formula is C7H13N5O2. The van der Waals surface area contributed by atoms with Crippen LogP contribution in [0.4, 0.5) is 5.95 Å². The van der Waals surface area contributed by atoms with E-state index in [0.717, 1.165) is 0 Å². The van der Waals surface area contributed by atoms with Gasteiger partial charge in [-0.15, -0.1) is 0 Å². The Hall–Kier alpha value is -1.66. The van der Waals surface area contributed by atoms with Crippen molar-refractivity contribution < 1.29 is 9.90 Å². The molecule has 78 valence electrons. The minimum absolute atomic E-state index is 0.414. The number of rotatable bonds is 3. The van der Waals surface area contributed by atoms with Gasteiger partial charge in [0.25, 0.3) is 0 Å². The topological polar surface area (TPSA) is 84.1 Å². The number of aromatic nitrogens is 4. The number of carboxylic acid groups (broad SMARTS) is 1. The summed E-state index contributed by atoms with van der Waals surface area (Å²) >= 11 is 0. The summed E-state index contributed by atoms with van der Waals surface area (Å²) in [5.41, 5.74) is -1.04. The van der Waals surface area contributed by atoms with Crippen LogP contribution in [0, 0.1) is 0 Å². The molecule has 0 radical (unpaired) electrons. The first-order valence-corrected chi connectivity index (χ1v) is 4.07. The average Bonchev–Trinajstić information content (AvgIpc) is 2.49. The Balaban J connectivity index is 3.02. The van der Waals surface area contributed by atoms with E-state index >= 15 is 0 Å². The Bertz CT molecular complexity index is 346. The lowest BCUT2D eigenvalue weighted by Crippen LogP contribution is -2.49. The summed E-state index contributed by atoms with van der Waals surface area (Å²) in [6, 6.07) is 0. The Kier molecular flexibility index (Phi) is 2.41. The van der Waals surface area contributed by atoms with Crippen molar-refractivity contribution >= 4 is 11.9 Å². The van der Waals surface area contributed by atoms with Crippen molar-refractivity contribution in [3.8, 4) is 0 Å². The fourth-order valence-corrected chi connectivity index (χ4v) is 0.902. The van der Waals surface area contributed by atoms with E-state index < -0.39 is 11.5 Å². The quantitative estimate of drug-likeness (QED) is 0.707. The first-order chi connectivity index (χ1) is 6.37. The first kappa shape index (κ1) is 10.4. The second-order valence-corrected chi connectivity index (χ2v) is 3.53. The molecule has 0 fully saturated rings. The van der Waals surface area contributed by atoms with Crippen LogP contribution in [0.1, 0.15) is 13.8 Å².